The molecule has 0 aromatic heterocycles. The van der Waals surface area contributed by atoms with Gasteiger partial charge in [0.1, 0.15) is 11.5 Å². The van der Waals surface area contributed by atoms with Gasteiger partial charge in [-0.25, -0.2) is 0 Å². The van der Waals surface area contributed by atoms with Crippen LogP contribution in [-0.2, 0) is 0 Å². The molecule has 0 aliphatic carbocycles. The fourth-order valence-electron chi connectivity index (χ4n) is 2.10. The molecule has 0 saturated carbocycles. The number of rotatable bonds is 3. The molecule has 2 rings (SSSR count). The first-order valence-electron chi connectivity index (χ1n) is 5.20. The highest BCUT2D eigenvalue weighted by Crippen LogP contribution is 2.42. The van der Waals surface area contributed by atoms with Crippen molar-refractivity contribution in [3.63, 3.8) is 0 Å². The van der Waals surface area contributed by atoms with Crippen molar-refractivity contribution >= 4 is 0 Å². The molecule has 3 nitrogen and oxygen atoms in total. The van der Waals surface area contributed by atoms with Crippen LogP contribution in [0.5, 0.6) is 11.5 Å². The summed E-state index contributed by atoms with van der Waals surface area (Å²) in [5.41, 5.74) is 1.10. The predicted molar refractivity (Wildman–Crippen MR) is 57.5 cm³/mol. The molecule has 1 aromatic carbocycles. The standard InChI is InChI=1S/C12H16O3/c1-8(13)6-9-7-15-11-5-3-4-10(14-2)12(9)11/h3-5,8-9,13H,6-7H2,1-2H3. The first-order valence-corrected chi connectivity index (χ1v) is 5.20. The Morgan fingerprint density at radius 2 is 2.40 bits per heavy atom. The fraction of sp³-hybridized carbons (Fsp3) is 0.500. The van der Waals surface area contributed by atoms with Crippen molar-refractivity contribution in [2.75, 3.05) is 13.7 Å². The molecule has 2 atom stereocenters. The van der Waals surface area contributed by atoms with E-state index in [1.165, 1.54) is 0 Å². The summed E-state index contributed by atoms with van der Waals surface area (Å²) in [5, 5.41) is 9.41. The lowest BCUT2D eigenvalue weighted by Gasteiger charge is -2.13. The zero-order chi connectivity index (χ0) is 10.8. The quantitative estimate of drug-likeness (QED) is 0.825. The van der Waals surface area contributed by atoms with Crippen molar-refractivity contribution in [3.8, 4) is 11.5 Å². The minimum Gasteiger partial charge on any atom is -0.496 e. The topological polar surface area (TPSA) is 38.7 Å². The number of hydrogen-bond donors (Lipinski definition) is 1. The van der Waals surface area contributed by atoms with Crippen LogP contribution < -0.4 is 9.47 Å². The first-order chi connectivity index (χ1) is 7.22. The van der Waals surface area contributed by atoms with Crippen LogP contribution in [0.4, 0.5) is 0 Å². The summed E-state index contributed by atoms with van der Waals surface area (Å²) in [4.78, 5) is 0. The van der Waals surface area contributed by atoms with Gasteiger partial charge in [-0.05, 0) is 25.5 Å². The molecule has 1 aliphatic heterocycles. The van der Waals surface area contributed by atoms with Gasteiger partial charge in [-0.15, -0.1) is 0 Å². The number of fused-ring (bicyclic) bond motifs is 1. The molecule has 3 heteroatoms. The SMILES string of the molecule is COc1cccc2c1C(CC(C)O)CO2. The van der Waals surface area contributed by atoms with Crippen LogP contribution >= 0.6 is 0 Å². The predicted octanol–water partition coefficient (Wildman–Crippen LogP) is 1.94. The highest BCUT2D eigenvalue weighted by molar-refractivity contribution is 5.49. The highest BCUT2D eigenvalue weighted by atomic mass is 16.5. The van der Waals surface area contributed by atoms with E-state index in [0.29, 0.717) is 13.0 Å². The van der Waals surface area contributed by atoms with Crippen LogP contribution in [0.25, 0.3) is 0 Å². The Balaban J connectivity index is 2.31. The average molecular weight is 208 g/mol. The Bertz CT molecular complexity index is 347. The largest absolute Gasteiger partial charge is 0.496 e. The minimum atomic E-state index is -0.311. The zero-order valence-corrected chi connectivity index (χ0v) is 9.06. The maximum Gasteiger partial charge on any atom is 0.126 e. The van der Waals surface area contributed by atoms with Gasteiger partial charge < -0.3 is 14.6 Å². The molecule has 0 spiro atoms. The molecule has 0 bridgehead atoms. The lowest BCUT2D eigenvalue weighted by atomic mass is 9.95. The summed E-state index contributed by atoms with van der Waals surface area (Å²) < 4.78 is 10.9. The van der Waals surface area contributed by atoms with Crippen LogP contribution in [0.3, 0.4) is 0 Å². The van der Waals surface area contributed by atoms with Crippen molar-refractivity contribution in [1.29, 1.82) is 0 Å². The van der Waals surface area contributed by atoms with Gasteiger partial charge in [0.25, 0.3) is 0 Å². The Morgan fingerprint density at radius 1 is 1.60 bits per heavy atom. The molecule has 1 N–H and O–H groups in total. The number of aliphatic hydroxyl groups is 1. The van der Waals surface area contributed by atoms with Crippen molar-refractivity contribution < 1.29 is 14.6 Å². The molecule has 0 radical (unpaired) electrons. The number of benzene rings is 1. The van der Waals surface area contributed by atoms with Gasteiger partial charge in [-0.1, -0.05) is 6.07 Å². The second kappa shape index (κ2) is 4.11. The maximum absolute atomic E-state index is 9.41. The average Bonchev–Trinajstić information content (AvgIpc) is 2.61. The third-order valence-corrected chi connectivity index (χ3v) is 2.72. The highest BCUT2D eigenvalue weighted by Gasteiger charge is 2.28. The Kier molecular flexibility index (Phi) is 2.82. The van der Waals surface area contributed by atoms with Crippen LogP contribution in [0, 0.1) is 0 Å². The van der Waals surface area contributed by atoms with E-state index < -0.39 is 0 Å². The fourth-order valence-corrected chi connectivity index (χ4v) is 2.10. The van der Waals surface area contributed by atoms with Crippen LogP contribution in [-0.4, -0.2) is 24.9 Å². The number of aliphatic hydroxyl groups excluding tert-OH is 1. The molecule has 0 amide bonds. The lowest BCUT2D eigenvalue weighted by molar-refractivity contribution is 0.166. The number of methoxy groups -OCH3 is 1. The Hall–Kier alpha value is -1.22. The molecule has 0 saturated heterocycles. The second-order valence-corrected chi connectivity index (χ2v) is 3.96. The van der Waals surface area contributed by atoms with E-state index in [0.717, 1.165) is 17.1 Å². The van der Waals surface area contributed by atoms with Crippen molar-refractivity contribution in [1.82, 2.24) is 0 Å². The smallest absolute Gasteiger partial charge is 0.126 e. The van der Waals surface area contributed by atoms with Crippen LogP contribution in [0.1, 0.15) is 24.8 Å². The lowest BCUT2D eigenvalue weighted by Crippen LogP contribution is -2.10. The zero-order valence-electron chi connectivity index (χ0n) is 9.06. The van der Waals surface area contributed by atoms with Gasteiger partial charge in [0.15, 0.2) is 0 Å². The van der Waals surface area contributed by atoms with Crippen LogP contribution in [0.15, 0.2) is 18.2 Å². The molecule has 0 fully saturated rings. The molecule has 1 aliphatic rings. The second-order valence-electron chi connectivity index (χ2n) is 3.96. The van der Waals surface area contributed by atoms with E-state index >= 15 is 0 Å². The van der Waals surface area contributed by atoms with Gasteiger partial charge in [0, 0.05) is 11.5 Å². The van der Waals surface area contributed by atoms with Gasteiger partial charge in [-0.2, -0.15) is 0 Å². The number of hydrogen-bond acceptors (Lipinski definition) is 3. The Morgan fingerprint density at radius 3 is 3.07 bits per heavy atom. The summed E-state index contributed by atoms with van der Waals surface area (Å²) in [7, 11) is 1.66. The summed E-state index contributed by atoms with van der Waals surface area (Å²) in [6.07, 6.45) is 0.405. The Labute approximate surface area is 89.6 Å². The van der Waals surface area contributed by atoms with Gasteiger partial charge >= 0.3 is 0 Å². The van der Waals surface area contributed by atoms with Crippen molar-refractivity contribution in [2.24, 2.45) is 0 Å². The van der Waals surface area contributed by atoms with Gasteiger partial charge in [-0.3, -0.25) is 0 Å². The van der Waals surface area contributed by atoms with Crippen molar-refractivity contribution in [2.45, 2.75) is 25.4 Å². The van der Waals surface area contributed by atoms with Crippen molar-refractivity contribution in [3.05, 3.63) is 23.8 Å². The maximum atomic E-state index is 9.41. The minimum absolute atomic E-state index is 0.246. The molecule has 82 valence electrons. The van der Waals surface area contributed by atoms with Crippen LogP contribution in [0.2, 0.25) is 0 Å². The van der Waals surface area contributed by atoms with E-state index in [-0.39, 0.29) is 12.0 Å². The summed E-state index contributed by atoms with van der Waals surface area (Å²) >= 11 is 0. The normalized spacial score (nSPS) is 20.6. The summed E-state index contributed by atoms with van der Waals surface area (Å²) in [6, 6.07) is 5.80. The molecule has 1 aromatic rings. The third kappa shape index (κ3) is 1.92. The van der Waals surface area contributed by atoms with E-state index in [2.05, 4.69) is 0 Å². The summed E-state index contributed by atoms with van der Waals surface area (Å²) in [5.74, 6) is 1.99. The monoisotopic (exact) mass is 208 g/mol. The van der Waals surface area contributed by atoms with Gasteiger partial charge in [0.05, 0.1) is 19.8 Å². The number of ether oxygens (including phenoxy) is 2. The molecule has 2 unspecified atom stereocenters. The molecule has 15 heavy (non-hydrogen) atoms. The van der Waals surface area contributed by atoms with Gasteiger partial charge in [0.2, 0.25) is 0 Å². The molecule has 1 heterocycles. The van der Waals surface area contributed by atoms with E-state index in [4.69, 9.17) is 9.47 Å². The third-order valence-electron chi connectivity index (χ3n) is 2.72. The molecular weight excluding hydrogens is 192 g/mol. The van der Waals surface area contributed by atoms with E-state index in [1.807, 2.05) is 18.2 Å². The molecular formula is C12H16O3. The first kappa shape index (κ1) is 10.3. The van der Waals surface area contributed by atoms with E-state index in [1.54, 1.807) is 14.0 Å². The summed E-state index contributed by atoms with van der Waals surface area (Å²) in [6.45, 7) is 2.44. The van der Waals surface area contributed by atoms with E-state index in [9.17, 15) is 5.11 Å².